The fourth-order valence-corrected chi connectivity index (χ4v) is 2.15. The Hall–Kier alpha value is -1.43. The lowest BCUT2D eigenvalue weighted by atomic mass is 10.0. The van der Waals surface area contributed by atoms with Crippen LogP contribution < -0.4 is 5.32 Å². The zero-order chi connectivity index (χ0) is 15.2. The van der Waals surface area contributed by atoms with Crippen LogP contribution in [0.4, 0.5) is 13.2 Å². The number of allylic oxidation sites excluding steroid dienone is 1. The summed E-state index contributed by atoms with van der Waals surface area (Å²) in [5.41, 5.74) is -0.219. The van der Waals surface area contributed by atoms with Crippen molar-refractivity contribution in [3.05, 3.63) is 41.6 Å². The molecule has 0 atom stereocenters. The number of ketones is 1. The molecule has 0 saturated heterocycles. The van der Waals surface area contributed by atoms with Gasteiger partial charge in [0.25, 0.3) is 0 Å². The molecule has 0 saturated carbocycles. The predicted molar refractivity (Wildman–Crippen MR) is 76.5 cm³/mol. The van der Waals surface area contributed by atoms with Crippen LogP contribution in [0.25, 0.3) is 5.57 Å². The number of carbonyl (C=O) groups is 1. The van der Waals surface area contributed by atoms with Gasteiger partial charge >= 0.3 is 6.18 Å². The molecule has 1 aromatic carbocycles. The lowest BCUT2D eigenvalue weighted by Gasteiger charge is -2.11. The minimum Gasteiger partial charge on any atom is -0.393 e. The number of hydrogen-bond donors (Lipinski definition) is 1. The van der Waals surface area contributed by atoms with Crippen LogP contribution in [-0.4, -0.2) is 24.3 Å². The van der Waals surface area contributed by atoms with Crippen LogP contribution >= 0.6 is 11.8 Å². The van der Waals surface area contributed by atoms with E-state index in [0.29, 0.717) is 0 Å². The molecule has 110 valence electrons. The van der Waals surface area contributed by atoms with Gasteiger partial charge in [0.1, 0.15) is 0 Å². The van der Waals surface area contributed by atoms with Gasteiger partial charge in [-0.15, -0.1) is 0 Å². The first-order valence-electron chi connectivity index (χ1n) is 6.06. The number of nitrogens with one attached hydrogen (secondary N) is 1. The highest BCUT2D eigenvalue weighted by molar-refractivity contribution is 7.99. The van der Waals surface area contributed by atoms with E-state index in [0.717, 1.165) is 17.9 Å². The standard InChI is InChI=1S/C14H16F3NOS/c1-3-20-9-13(19)12(8-18-2)10-5-4-6-11(7-10)14(15,16)17/h4-8,18H,3,9H2,1-2H3. The number of thioether (sulfide) groups is 1. The second-order valence-corrected chi connectivity index (χ2v) is 5.26. The van der Waals surface area contributed by atoms with Gasteiger partial charge in [0, 0.05) is 18.8 Å². The zero-order valence-corrected chi connectivity index (χ0v) is 12.1. The van der Waals surface area contributed by atoms with Crippen molar-refractivity contribution in [2.75, 3.05) is 18.6 Å². The van der Waals surface area contributed by atoms with Crippen LogP contribution in [0.5, 0.6) is 0 Å². The summed E-state index contributed by atoms with van der Waals surface area (Å²) in [7, 11) is 1.61. The number of benzene rings is 1. The van der Waals surface area contributed by atoms with Gasteiger partial charge in [-0.3, -0.25) is 4.79 Å². The monoisotopic (exact) mass is 303 g/mol. The van der Waals surface area contributed by atoms with E-state index < -0.39 is 11.7 Å². The SMILES string of the molecule is CCSCC(=O)C(=CNC)c1cccc(C(F)(F)F)c1. The minimum absolute atomic E-state index is 0.189. The lowest BCUT2D eigenvalue weighted by molar-refractivity contribution is -0.137. The number of Topliss-reactive ketones (excluding diaryl/α,β-unsaturated/α-hetero) is 1. The van der Waals surface area contributed by atoms with Crippen molar-refractivity contribution in [1.29, 1.82) is 0 Å². The topological polar surface area (TPSA) is 29.1 Å². The molecule has 0 amide bonds. The van der Waals surface area contributed by atoms with Crippen molar-refractivity contribution in [3.8, 4) is 0 Å². The van der Waals surface area contributed by atoms with Crippen molar-refractivity contribution in [1.82, 2.24) is 5.32 Å². The highest BCUT2D eigenvalue weighted by atomic mass is 32.2. The van der Waals surface area contributed by atoms with Gasteiger partial charge in [-0.25, -0.2) is 0 Å². The minimum atomic E-state index is -4.41. The Morgan fingerprint density at radius 2 is 2.10 bits per heavy atom. The highest BCUT2D eigenvalue weighted by Gasteiger charge is 2.30. The first-order chi connectivity index (χ1) is 9.40. The molecule has 0 aliphatic rings. The summed E-state index contributed by atoms with van der Waals surface area (Å²) < 4.78 is 38.1. The maximum Gasteiger partial charge on any atom is 0.416 e. The van der Waals surface area contributed by atoms with Gasteiger partial charge in [0.2, 0.25) is 0 Å². The van der Waals surface area contributed by atoms with Gasteiger partial charge in [0.15, 0.2) is 5.78 Å². The molecule has 0 aliphatic carbocycles. The fourth-order valence-electron chi connectivity index (χ4n) is 1.60. The van der Waals surface area contributed by atoms with Crippen molar-refractivity contribution in [2.24, 2.45) is 0 Å². The van der Waals surface area contributed by atoms with Gasteiger partial charge in [-0.1, -0.05) is 19.1 Å². The smallest absolute Gasteiger partial charge is 0.393 e. The number of rotatable bonds is 6. The summed E-state index contributed by atoms with van der Waals surface area (Å²) in [6.07, 6.45) is -2.98. The fraction of sp³-hybridized carbons (Fsp3) is 0.357. The molecule has 2 nitrogen and oxygen atoms in total. The van der Waals surface area contributed by atoms with Crippen LogP contribution in [-0.2, 0) is 11.0 Å². The molecule has 20 heavy (non-hydrogen) atoms. The average Bonchev–Trinajstić information content (AvgIpc) is 2.41. The van der Waals surface area contributed by atoms with Gasteiger partial charge in [-0.05, 0) is 23.4 Å². The maximum atomic E-state index is 12.7. The average molecular weight is 303 g/mol. The molecular formula is C14H16F3NOS. The third-order valence-corrected chi connectivity index (χ3v) is 3.40. The number of hydrogen-bond acceptors (Lipinski definition) is 3. The maximum absolute atomic E-state index is 12.7. The third kappa shape index (κ3) is 4.59. The van der Waals surface area contributed by atoms with Crippen molar-refractivity contribution in [2.45, 2.75) is 13.1 Å². The van der Waals surface area contributed by atoms with Crippen LogP contribution in [0.15, 0.2) is 30.5 Å². The molecule has 6 heteroatoms. The Kier molecular flexibility index (Phi) is 6.13. The molecular weight excluding hydrogens is 287 g/mol. The first kappa shape index (κ1) is 16.6. The van der Waals surface area contributed by atoms with Crippen molar-refractivity contribution < 1.29 is 18.0 Å². The summed E-state index contributed by atoms with van der Waals surface area (Å²) >= 11 is 1.43. The van der Waals surface area contributed by atoms with Crippen molar-refractivity contribution in [3.63, 3.8) is 0 Å². The number of alkyl halides is 3. The summed E-state index contributed by atoms with van der Waals surface area (Å²) in [4.78, 5) is 12.0. The highest BCUT2D eigenvalue weighted by Crippen LogP contribution is 2.31. The van der Waals surface area contributed by atoms with E-state index in [1.165, 1.54) is 30.1 Å². The number of carbonyl (C=O) groups excluding carboxylic acids is 1. The van der Waals surface area contributed by atoms with E-state index in [9.17, 15) is 18.0 Å². The molecule has 0 aliphatic heterocycles. The summed E-state index contributed by atoms with van der Waals surface area (Å²) in [6, 6.07) is 4.80. The molecule has 0 aromatic heterocycles. The van der Waals surface area contributed by atoms with E-state index in [4.69, 9.17) is 0 Å². The number of halogens is 3. The molecule has 1 N–H and O–H groups in total. The normalized spacial score (nSPS) is 12.3. The van der Waals surface area contributed by atoms with Gasteiger partial charge < -0.3 is 5.32 Å². The van der Waals surface area contributed by atoms with Crippen molar-refractivity contribution >= 4 is 23.1 Å². The Bertz CT molecular complexity index is 497. The Balaban J connectivity index is 3.10. The summed E-state index contributed by atoms with van der Waals surface area (Å²) in [5.74, 6) is 0.840. The quantitative estimate of drug-likeness (QED) is 0.814. The summed E-state index contributed by atoms with van der Waals surface area (Å²) in [5, 5.41) is 2.71. The largest absolute Gasteiger partial charge is 0.416 e. The van der Waals surface area contributed by atoms with E-state index in [1.807, 2.05) is 6.92 Å². The Labute approximate surface area is 120 Å². The molecule has 0 spiro atoms. The van der Waals surface area contributed by atoms with E-state index in [1.54, 1.807) is 7.05 Å². The first-order valence-corrected chi connectivity index (χ1v) is 7.21. The Morgan fingerprint density at radius 3 is 2.65 bits per heavy atom. The third-order valence-electron chi connectivity index (χ3n) is 2.53. The van der Waals surface area contributed by atoms with Crippen LogP contribution in [0.1, 0.15) is 18.1 Å². The molecule has 0 heterocycles. The van der Waals surface area contributed by atoms with Crippen LogP contribution in [0.2, 0.25) is 0 Å². The molecule has 0 bridgehead atoms. The molecule has 1 rings (SSSR count). The van der Waals surface area contributed by atoms with E-state index in [2.05, 4.69) is 5.32 Å². The molecule has 0 fully saturated rings. The zero-order valence-electron chi connectivity index (χ0n) is 11.3. The molecule has 0 radical (unpaired) electrons. The predicted octanol–water partition coefficient (Wildman–Crippen LogP) is 3.59. The van der Waals surface area contributed by atoms with Gasteiger partial charge in [0.05, 0.1) is 11.3 Å². The van der Waals surface area contributed by atoms with Crippen LogP contribution in [0, 0.1) is 0 Å². The molecule has 1 aromatic rings. The van der Waals surface area contributed by atoms with E-state index in [-0.39, 0.29) is 22.7 Å². The lowest BCUT2D eigenvalue weighted by Crippen LogP contribution is -2.11. The second-order valence-electron chi connectivity index (χ2n) is 3.99. The molecule has 0 unspecified atom stereocenters. The summed E-state index contributed by atoms with van der Waals surface area (Å²) in [6.45, 7) is 1.92. The van der Waals surface area contributed by atoms with Gasteiger partial charge in [-0.2, -0.15) is 24.9 Å². The second kappa shape index (κ2) is 7.38. The Morgan fingerprint density at radius 1 is 1.40 bits per heavy atom. The van der Waals surface area contributed by atoms with Crippen LogP contribution in [0.3, 0.4) is 0 Å². The van der Waals surface area contributed by atoms with E-state index >= 15 is 0 Å².